The first-order valence-corrected chi connectivity index (χ1v) is 6.68. The summed E-state index contributed by atoms with van der Waals surface area (Å²) in [5.41, 5.74) is 5.53. The second kappa shape index (κ2) is 6.87. The van der Waals surface area contributed by atoms with Crippen LogP contribution in [0.5, 0.6) is 5.75 Å². The number of halogens is 2. The quantitative estimate of drug-likeness (QED) is 0.881. The third kappa shape index (κ3) is 4.03. The summed E-state index contributed by atoms with van der Waals surface area (Å²) in [5.74, 6) is -5.20. The van der Waals surface area contributed by atoms with E-state index >= 15 is 0 Å². The maximum absolute atomic E-state index is 13.4. The van der Waals surface area contributed by atoms with Gasteiger partial charge >= 0.3 is 0 Å². The molecule has 2 amide bonds. The van der Waals surface area contributed by atoms with E-state index < -0.39 is 35.7 Å². The van der Waals surface area contributed by atoms with Gasteiger partial charge in [0, 0.05) is 12.1 Å². The number of rotatable bonds is 5. The summed E-state index contributed by atoms with van der Waals surface area (Å²) in [6.07, 6.45) is 0. The standard InChI is InChI=1S/C16H14F2N2O3/c17-12-6-11(7-13(18)15(12)22)16(23)20(9-14(19)21)8-10-4-2-1-3-5-10/h1-7,22H,8-9H2,(H2,19,21). The van der Waals surface area contributed by atoms with Gasteiger partial charge < -0.3 is 15.7 Å². The number of nitrogens with zero attached hydrogens (tertiary/aromatic N) is 1. The van der Waals surface area contributed by atoms with E-state index in [0.717, 1.165) is 10.5 Å². The van der Waals surface area contributed by atoms with Gasteiger partial charge in [-0.2, -0.15) is 0 Å². The second-order valence-electron chi connectivity index (χ2n) is 4.90. The van der Waals surface area contributed by atoms with Crippen LogP contribution in [0.3, 0.4) is 0 Å². The third-order valence-corrected chi connectivity index (χ3v) is 3.11. The van der Waals surface area contributed by atoms with Gasteiger partial charge in [-0.1, -0.05) is 30.3 Å². The largest absolute Gasteiger partial charge is 0.503 e. The van der Waals surface area contributed by atoms with Gasteiger partial charge in [0.25, 0.3) is 5.91 Å². The lowest BCUT2D eigenvalue weighted by Gasteiger charge is -2.21. The number of amides is 2. The highest BCUT2D eigenvalue weighted by Crippen LogP contribution is 2.22. The Hall–Kier alpha value is -2.96. The molecule has 2 aromatic carbocycles. The van der Waals surface area contributed by atoms with Crippen molar-refractivity contribution >= 4 is 11.8 Å². The SMILES string of the molecule is NC(=O)CN(Cc1ccccc1)C(=O)c1cc(F)c(O)c(F)c1. The van der Waals surface area contributed by atoms with Crippen LogP contribution in [-0.4, -0.2) is 28.4 Å². The Balaban J connectivity index is 2.31. The van der Waals surface area contributed by atoms with E-state index in [9.17, 15) is 18.4 Å². The summed E-state index contributed by atoms with van der Waals surface area (Å²) in [6.45, 7) is -0.357. The molecule has 2 aromatic rings. The van der Waals surface area contributed by atoms with Crippen LogP contribution < -0.4 is 5.73 Å². The predicted octanol–water partition coefficient (Wildman–Crippen LogP) is 1.80. The molecule has 23 heavy (non-hydrogen) atoms. The summed E-state index contributed by atoms with van der Waals surface area (Å²) in [4.78, 5) is 24.6. The Labute approximate surface area is 130 Å². The van der Waals surface area contributed by atoms with Crippen LogP contribution in [0.1, 0.15) is 15.9 Å². The molecule has 3 N–H and O–H groups in total. The molecule has 0 spiro atoms. The number of phenolic OH excluding ortho intramolecular Hbond substituents is 1. The molecular weight excluding hydrogens is 306 g/mol. The van der Waals surface area contributed by atoms with Gasteiger partial charge in [0.1, 0.15) is 0 Å². The van der Waals surface area contributed by atoms with Crippen molar-refractivity contribution in [2.75, 3.05) is 6.54 Å². The molecule has 0 atom stereocenters. The zero-order valence-electron chi connectivity index (χ0n) is 12.0. The molecule has 0 saturated carbocycles. The molecule has 0 bridgehead atoms. The van der Waals surface area contributed by atoms with Crippen molar-refractivity contribution < 1.29 is 23.5 Å². The summed E-state index contributed by atoms with van der Waals surface area (Å²) in [7, 11) is 0. The van der Waals surface area contributed by atoms with Crippen molar-refractivity contribution in [2.24, 2.45) is 5.73 Å². The van der Waals surface area contributed by atoms with Crippen molar-refractivity contribution in [3.63, 3.8) is 0 Å². The third-order valence-electron chi connectivity index (χ3n) is 3.11. The first-order valence-electron chi connectivity index (χ1n) is 6.68. The molecule has 120 valence electrons. The van der Waals surface area contributed by atoms with E-state index in [0.29, 0.717) is 12.1 Å². The van der Waals surface area contributed by atoms with Crippen LogP contribution in [0.25, 0.3) is 0 Å². The minimum Gasteiger partial charge on any atom is -0.503 e. The molecule has 0 fully saturated rings. The molecule has 0 aliphatic carbocycles. The summed E-state index contributed by atoms with van der Waals surface area (Å²) in [6, 6.07) is 10.2. The van der Waals surface area contributed by atoms with E-state index in [2.05, 4.69) is 0 Å². The van der Waals surface area contributed by atoms with Crippen molar-refractivity contribution in [3.05, 3.63) is 65.2 Å². The molecule has 0 heterocycles. The molecule has 0 aliphatic heterocycles. The molecule has 0 aromatic heterocycles. The Morgan fingerprint density at radius 1 is 1.09 bits per heavy atom. The van der Waals surface area contributed by atoms with Crippen molar-refractivity contribution in [1.82, 2.24) is 4.90 Å². The highest BCUT2D eigenvalue weighted by Gasteiger charge is 2.21. The number of carbonyl (C=O) groups is 2. The summed E-state index contributed by atoms with van der Waals surface area (Å²) >= 11 is 0. The Morgan fingerprint density at radius 3 is 2.17 bits per heavy atom. The zero-order chi connectivity index (χ0) is 17.0. The van der Waals surface area contributed by atoms with Gasteiger partial charge in [-0.05, 0) is 17.7 Å². The molecular formula is C16H14F2N2O3. The lowest BCUT2D eigenvalue weighted by Crippen LogP contribution is -2.38. The Bertz CT molecular complexity index is 712. The number of benzene rings is 2. The molecule has 7 heteroatoms. The van der Waals surface area contributed by atoms with Gasteiger partial charge in [-0.15, -0.1) is 0 Å². The van der Waals surface area contributed by atoms with E-state index in [1.807, 2.05) is 0 Å². The van der Waals surface area contributed by atoms with Gasteiger partial charge in [0.15, 0.2) is 17.4 Å². The fourth-order valence-electron chi connectivity index (χ4n) is 2.06. The first kappa shape index (κ1) is 16.4. The van der Waals surface area contributed by atoms with Crippen LogP contribution in [-0.2, 0) is 11.3 Å². The van der Waals surface area contributed by atoms with Crippen LogP contribution >= 0.6 is 0 Å². The first-order chi connectivity index (χ1) is 10.9. The highest BCUT2D eigenvalue weighted by molar-refractivity contribution is 5.96. The number of hydrogen-bond donors (Lipinski definition) is 2. The average molecular weight is 320 g/mol. The number of phenols is 1. The summed E-state index contributed by atoms with van der Waals surface area (Å²) < 4.78 is 26.8. The lowest BCUT2D eigenvalue weighted by atomic mass is 10.1. The Kier molecular flexibility index (Phi) is 4.90. The fourth-order valence-corrected chi connectivity index (χ4v) is 2.06. The van der Waals surface area contributed by atoms with Crippen molar-refractivity contribution in [2.45, 2.75) is 6.54 Å². The topological polar surface area (TPSA) is 83.6 Å². The minimum atomic E-state index is -1.26. The number of carbonyl (C=O) groups excluding carboxylic acids is 2. The lowest BCUT2D eigenvalue weighted by molar-refractivity contribution is -0.118. The molecule has 0 aliphatic rings. The van der Waals surface area contributed by atoms with Crippen LogP contribution in [0.4, 0.5) is 8.78 Å². The molecule has 2 rings (SSSR count). The number of nitrogens with two attached hydrogens (primary N) is 1. The van der Waals surface area contributed by atoms with Crippen molar-refractivity contribution in [1.29, 1.82) is 0 Å². The molecule has 0 saturated heterocycles. The number of aromatic hydroxyl groups is 1. The molecule has 0 radical (unpaired) electrons. The van der Waals surface area contributed by atoms with Crippen LogP contribution in [0.15, 0.2) is 42.5 Å². The smallest absolute Gasteiger partial charge is 0.254 e. The second-order valence-corrected chi connectivity index (χ2v) is 4.90. The predicted molar refractivity (Wildman–Crippen MR) is 78.4 cm³/mol. The fraction of sp³-hybridized carbons (Fsp3) is 0.125. The maximum atomic E-state index is 13.4. The normalized spacial score (nSPS) is 10.3. The maximum Gasteiger partial charge on any atom is 0.254 e. The number of hydrogen-bond acceptors (Lipinski definition) is 3. The van der Waals surface area contributed by atoms with E-state index in [4.69, 9.17) is 10.8 Å². The van der Waals surface area contributed by atoms with Crippen molar-refractivity contribution in [3.8, 4) is 5.75 Å². The number of primary amides is 1. The monoisotopic (exact) mass is 320 g/mol. The van der Waals surface area contributed by atoms with E-state index in [1.54, 1.807) is 30.3 Å². The van der Waals surface area contributed by atoms with Gasteiger partial charge in [-0.25, -0.2) is 8.78 Å². The minimum absolute atomic E-state index is 0.0483. The molecule has 0 unspecified atom stereocenters. The highest BCUT2D eigenvalue weighted by atomic mass is 19.1. The van der Waals surface area contributed by atoms with Crippen LogP contribution in [0, 0.1) is 11.6 Å². The zero-order valence-corrected chi connectivity index (χ0v) is 12.0. The van der Waals surface area contributed by atoms with E-state index in [-0.39, 0.29) is 12.1 Å². The van der Waals surface area contributed by atoms with Gasteiger partial charge in [-0.3, -0.25) is 9.59 Å². The average Bonchev–Trinajstić information content (AvgIpc) is 2.51. The van der Waals surface area contributed by atoms with Gasteiger partial charge in [0.2, 0.25) is 5.91 Å². The molecule has 5 nitrogen and oxygen atoms in total. The Morgan fingerprint density at radius 2 is 1.65 bits per heavy atom. The van der Waals surface area contributed by atoms with Crippen LogP contribution in [0.2, 0.25) is 0 Å². The summed E-state index contributed by atoms with van der Waals surface area (Å²) in [5, 5.41) is 9.08. The van der Waals surface area contributed by atoms with E-state index in [1.165, 1.54) is 0 Å². The van der Waals surface area contributed by atoms with Gasteiger partial charge in [0.05, 0.1) is 6.54 Å².